The number of sulfonamides is 1. The molecule has 0 aliphatic rings. The van der Waals surface area contributed by atoms with Crippen LogP contribution >= 0.6 is 18.9 Å². The van der Waals surface area contributed by atoms with Crippen molar-refractivity contribution in [1.82, 2.24) is 4.72 Å². The van der Waals surface area contributed by atoms with E-state index in [1.807, 2.05) is 39.9 Å². The number of pyridine rings is 1. The summed E-state index contributed by atoms with van der Waals surface area (Å²) in [5.41, 5.74) is 0. The topological polar surface area (TPSA) is 120 Å². The summed E-state index contributed by atoms with van der Waals surface area (Å²) in [6.07, 6.45) is 2.82. The van der Waals surface area contributed by atoms with Gasteiger partial charge in [-0.1, -0.05) is 6.07 Å². The third kappa shape index (κ3) is 5.58. The summed E-state index contributed by atoms with van der Waals surface area (Å²) in [6, 6.07) is 12.4. The van der Waals surface area contributed by atoms with Crippen LogP contribution in [-0.4, -0.2) is 26.2 Å². The summed E-state index contributed by atoms with van der Waals surface area (Å²) < 4.78 is 45.3. The van der Waals surface area contributed by atoms with Crippen molar-refractivity contribution in [2.75, 3.05) is 12.9 Å². The molecule has 27 heavy (non-hydrogen) atoms. The lowest BCUT2D eigenvalue weighted by atomic mass is 10.2. The number of nitrogens with zero attached hydrogens (tertiary/aromatic N) is 1. The molecular weight excluding hydrogens is 411 g/mol. The molecule has 0 bridgehead atoms. The van der Waals surface area contributed by atoms with E-state index in [0.29, 0.717) is 24.3 Å². The summed E-state index contributed by atoms with van der Waals surface area (Å²) in [6.45, 7) is 1.12. The molecule has 0 aliphatic carbocycles. The number of nitrogens with one attached hydrogen (secondary N) is 1. The van der Waals surface area contributed by atoms with Gasteiger partial charge in [0.15, 0.2) is 18.9 Å². The van der Waals surface area contributed by atoms with Crippen LogP contribution < -0.4 is 18.9 Å². The van der Waals surface area contributed by atoms with E-state index in [2.05, 4.69) is 0 Å². The largest absolute Gasteiger partial charge is 0.778 e. The Hall–Kier alpha value is -1.81. The van der Waals surface area contributed by atoms with E-state index in [4.69, 9.17) is 9.63 Å². The van der Waals surface area contributed by atoms with Crippen LogP contribution in [0.3, 0.4) is 0 Å². The summed E-state index contributed by atoms with van der Waals surface area (Å²) in [5, 5.41) is 0.666. The Morgan fingerprint density at radius 3 is 2.67 bits per heavy atom. The third-order valence-corrected chi connectivity index (χ3v) is 7.34. The molecule has 1 unspecified atom stereocenters. The number of rotatable bonds is 8. The predicted molar refractivity (Wildman–Crippen MR) is 99.0 cm³/mol. The predicted octanol–water partition coefficient (Wildman–Crippen LogP) is 1.05. The number of aromatic nitrogens is 1. The fraction of sp³-hybridized carbons (Fsp3) is 0.188. The van der Waals surface area contributed by atoms with Crippen molar-refractivity contribution in [1.29, 1.82) is 0 Å². The number of hydrogen-bond donors (Lipinski definition) is 2. The smallest absolute Gasteiger partial charge is 0.250 e. The number of thiophene rings is 1. The zero-order chi connectivity index (χ0) is 19.5. The molecule has 0 saturated heterocycles. The first kappa shape index (κ1) is 19.9. The van der Waals surface area contributed by atoms with Crippen molar-refractivity contribution in [3.63, 3.8) is 0 Å². The van der Waals surface area contributed by atoms with Crippen LogP contribution in [0.25, 0.3) is 10.1 Å². The molecule has 0 amide bonds. The minimum absolute atomic E-state index is 0.0389. The Bertz CT molecular complexity index is 1080. The van der Waals surface area contributed by atoms with Crippen LogP contribution in [0.15, 0.2) is 59.1 Å². The van der Waals surface area contributed by atoms with Gasteiger partial charge in [0.05, 0.1) is 6.29 Å². The molecule has 0 spiro atoms. The maximum atomic E-state index is 12.2. The normalized spacial score (nSPS) is 14.1. The average molecular weight is 428 g/mol. The van der Waals surface area contributed by atoms with Gasteiger partial charge in [-0.2, -0.15) is 0 Å². The first-order valence-corrected chi connectivity index (χ1v) is 11.9. The van der Waals surface area contributed by atoms with E-state index >= 15 is 0 Å². The minimum atomic E-state index is -4.72. The number of hydrogen-bond acceptors (Lipinski definition) is 6. The average Bonchev–Trinajstić information content (AvgIpc) is 3.05. The second kappa shape index (κ2) is 8.05. The molecule has 1 atom stereocenters. The molecule has 0 saturated carbocycles. The quantitative estimate of drug-likeness (QED) is 0.409. The molecule has 0 fully saturated rings. The summed E-state index contributed by atoms with van der Waals surface area (Å²) in [4.78, 5) is 19.5. The third-order valence-electron chi connectivity index (χ3n) is 3.58. The first-order valence-electron chi connectivity index (χ1n) is 7.86. The second-order valence-electron chi connectivity index (χ2n) is 5.67. The van der Waals surface area contributed by atoms with E-state index in [1.165, 1.54) is 6.07 Å². The van der Waals surface area contributed by atoms with Crippen LogP contribution in [0.1, 0.15) is 0 Å². The van der Waals surface area contributed by atoms with Crippen molar-refractivity contribution in [2.45, 2.75) is 10.8 Å². The molecule has 3 rings (SSSR count). The van der Waals surface area contributed by atoms with Gasteiger partial charge < -0.3 is 19.1 Å². The van der Waals surface area contributed by atoms with Gasteiger partial charge >= 0.3 is 0 Å². The molecule has 3 aromatic rings. The van der Waals surface area contributed by atoms with Crippen molar-refractivity contribution in [3.05, 3.63) is 54.9 Å². The van der Waals surface area contributed by atoms with Crippen molar-refractivity contribution in [3.8, 4) is 5.75 Å². The van der Waals surface area contributed by atoms with Crippen LogP contribution in [0, 0.1) is 0 Å². The molecule has 0 radical (unpaired) electrons. The molecule has 2 N–H and O–H groups in total. The monoisotopic (exact) mass is 428 g/mol. The number of ether oxygens (including phenoxy) is 1. The van der Waals surface area contributed by atoms with Crippen molar-refractivity contribution >= 4 is 39.0 Å². The summed E-state index contributed by atoms with van der Waals surface area (Å²) in [7, 11) is -8.75. The van der Waals surface area contributed by atoms with E-state index < -0.39 is 23.9 Å². The van der Waals surface area contributed by atoms with Crippen LogP contribution in [0.5, 0.6) is 5.75 Å². The Balaban J connectivity index is 1.70. The summed E-state index contributed by atoms with van der Waals surface area (Å²) >= 11 is 1.00. The van der Waals surface area contributed by atoms with Gasteiger partial charge in [0.25, 0.3) is 10.0 Å². The Kier molecular flexibility index (Phi) is 5.95. The molecule has 2 aromatic heterocycles. The lowest BCUT2D eigenvalue weighted by Crippen LogP contribution is -2.35. The number of benzene rings is 1. The zero-order valence-electron chi connectivity index (χ0n) is 14.0. The highest BCUT2D eigenvalue weighted by Crippen LogP contribution is 2.33. The molecule has 1 aromatic carbocycles. The van der Waals surface area contributed by atoms with Crippen molar-refractivity contribution in [2.24, 2.45) is 0 Å². The zero-order valence-corrected chi connectivity index (χ0v) is 16.5. The highest BCUT2D eigenvalue weighted by atomic mass is 32.2. The molecule has 0 aliphatic heterocycles. The van der Waals surface area contributed by atoms with Gasteiger partial charge in [0.2, 0.25) is 0 Å². The molecular formula is C16H17N2O6PS2. The van der Waals surface area contributed by atoms with Crippen molar-refractivity contribution < 1.29 is 32.1 Å². The summed E-state index contributed by atoms with van der Waals surface area (Å²) in [5.74, 6) is 0.605. The number of fused-ring (bicyclic) bond motifs is 1. The second-order valence-corrected chi connectivity index (χ2v) is 10.3. The Morgan fingerprint density at radius 1 is 1.22 bits per heavy atom. The van der Waals surface area contributed by atoms with E-state index in [9.17, 15) is 17.9 Å². The van der Waals surface area contributed by atoms with Gasteiger partial charge in [0, 0.05) is 16.8 Å². The van der Waals surface area contributed by atoms with Gasteiger partial charge in [-0.3, -0.25) is 0 Å². The molecule has 2 heterocycles. The lowest BCUT2D eigenvalue weighted by molar-refractivity contribution is -0.697. The van der Waals surface area contributed by atoms with E-state index in [1.54, 1.807) is 18.2 Å². The van der Waals surface area contributed by atoms with E-state index in [0.717, 1.165) is 16.0 Å². The maximum Gasteiger partial charge on any atom is 0.250 e. The molecule has 144 valence electrons. The molecule has 8 nitrogen and oxygen atoms in total. The van der Waals surface area contributed by atoms with Gasteiger partial charge in [-0.15, -0.1) is 11.3 Å². The Morgan fingerprint density at radius 2 is 1.96 bits per heavy atom. The van der Waals surface area contributed by atoms with Crippen LogP contribution in [-0.2, 0) is 21.1 Å². The lowest BCUT2D eigenvalue weighted by Gasteiger charge is -2.15. The maximum absolute atomic E-state index is 12.2. The SMILES string of the molecule is O=P([O-])(O)CNS(=O)(=O)c1cc2cc(OCC[n+]3ccccc3)ccc2s1. The van der Waals surface area contributed by atoms with E-state index in [-0.39, 0.29) is 4.21 Å². The standard InChI is InChI=1S/C16H17N2O6PS2/c19-25(20,21)12-17-27(22,23)16-11-13-10-14(4-5-15(13)26-16)24-9-8-18-6-2-1-3-7-18/h1-7,10-11,17H,8-9,12H2,(H-,19,20,21). The first-order chi connectivity index (χ1) is 12.7. The van der Waals surface area contributed by atoms with Gasteiger partial charge in [-0.25, -0.2) is 17.7 Å². The fourth-order valence-corrected chi connectivity index (χ4v) is 5.73. The highest BCUT2D eigenvalue weighted by Gasteiger charge is 2.19. The van der Waals surface area contributed by atoms with Gasteiger partial charge in [-0.05, 0) is 29.7 Å². The van der Waals surface area contributed by atoms with Crippen LogP contribution in [0.4, 0.5) is 0 Å². The fourth-order valence-electron chi connectivity index (χ4n) is 2.31. The van der Waals surface area contributed by atoms with Gasteiger partial charge in [0.1, 0.15) is 24.2 Å². The van der Waals surface area contributed by atoms with Crippen LogP contribution in [0.2, 0.25) is 0 Å². The highest BCUT2D eigenvalue weighted by molar-refractivity contribution is 7.92. The molecule has 11 heteroatoms. The Labute approximate surface area is 160 Å². The minimum Gasteiger partial charge on any atom is -0.778 e.